The summed E-state index contributed by atoms with van der Waals surface area (Å²) in [5, 5.41) is 14.0. The summed E-state index contributed by atoms with van der Waals surface area (Å²) in [7, 11) is 0. The molecule has 0 spiro atoms. The van der Waals surface area contributed by atoms with Crippen molar-refractivity contribution in [3.63, 3.8) is 0 Å². The first-order valence-corrected chi connectivity index (χ1v) is 5.27. The molecule has 0 radical (unpaired) electrons. The third kappa shape index (κ3) is 1.91. The van der Waals surface area contributed by atoms with Crippen LogP contribution in [0.4, 0.5) is 11.4 Å². The molecular weight excluding hydrogens is 204 g/mol. The summed E-state index contributed by atoms with van der Waals surface area (Å²) in [6, 6.07) is 4.98. The van der Waals surface area contributed by atoms with Gasteiger partial charge in [0, 0.05) is 30.3 Å². The Morgan fingerprint density at radius 3 is 2.94 bits per heavy atom. The molecule has 4 heteroatoms. The number of hydrogen-bond acceptors (Lipinski definition) is 3. The Morgan fingerprint density at radius 2 is 2.25 bits per heavy atom. The summed E-state index contributed by atoms with van der Waals surface area (Å²) in [4.78, 5) is 10.4. The fraction of sp³-hybridized carbons (Fsp3) is 0.333. The molecule has 1 heterocycles. The van der Waals surface area contributed by atoms with Crippen molar-refractivity contribution < 1.29 is 4.92 Å². The summed E-state index contributed by atoms with van der Waals surface area (Å²) in [6.07, 6.45) is 2.14. The van der Waals surface area contributed by atoms with E-state index in [1.165, 1.54) is 5.57 Å². The maximum absolute atomic E-state index is 10.7. The summed E-state index contributed by atoms with van der Waals surface area (Å²) in [5.41, 5.74) is 3.39. The fourth-order valence-corrected chi connectivity index (χ4v) is 2.01. The molecule has 1 unspecified atom stereocenters. The Hall–Kier alpha value is -1.84. The first kappa shape index (κ1) is 10.7. The Kier molecular flexibility index (Phi) is 2.64. The molecule has 0 bridgehead atoms. The van der Waals surface area contributed by atoms with Gasteiger partial charge in [-0.05, 0) is 18.6 Å². The Labute approximate surface area is 94.1 Å². The highest BCUT2D eigenvalue weighted by Crippen LogP contribution is 2.32. The lowest BCUT2D eigenvalue weighted by atomic mass is 9.98. The van der Waals surface area contributed by atoms with Gasteiger partial charge < -0.3 is 5.32 Å². The quantitative estimate of drug-likeness (QED) is 0.447. The maximum atomic E-state index is 10.7. The van der Waals surface area contributed by atoms with E-state index in [0.29, 0.717) is 0 Å². The fourth-order valence-electron chi connectivity index (χ4n) is 2.01. The maximum Gasteiger partial charge on any atom is 0.269 e. The van der Waals surface area contributed by atoms with Gasteiger partial charge in [0.25, 0.3) is 5.69 Å². The molecule has 0 amide bonds. The Bertz CT molecular complexity index is 466. The zero-order chi connectivity index (χ0) is 11.7. The second-order valence-electron chi connectivity index (χ2n) is 4.18. The van der Waals surface area contributed by atoms with Crippen LogP contribution in [0.25, 0.3) is 0 Å². The van der Waals surface area contributed by atoms with E-state index in [4.69, 9.17) is 0 Å². The largest absolute Gasteiger partial charge is 0.381 e. The molecule has 0 saturated carbocycles. The third-order valence-electron chi connectivity index (χ3n) is 2.83. The minimum Gasteiger partial charge on any atom is -0.381 e. The highest BCUT2D eigenvalue weighted by atomic mass is 16.6. The van der Waals surface area contributed by atoms with Gasteiger partial charge in [-0.25, -0.2) is 0 Å². The Morgan fingerprint density at radius 1 is 1.50 bits per heavy atom. The van der Waals surface area contributed by atoms with Crippen LogP contribution in [0.1, 0.15) is 25.3 Å². The topological polar surface area (TPSA) is 55.2 Å². The highest BCUT2D eigenvalue weighted by molar-refractivity contribution is 5.60. The molecule has 1 atom stereocenters. The number of fused-ring (bicyclic) bond motifs is 1. The molecule has 1 aliphatic heterocycles. The van der Waals surface area contributed by atoms with E-state index in [0.717, 1.165) is 17.8 Å². The minimum atomic E-state index is -0.353. The van der Waals surface area contributed by atoms with E-state index in [-0.39, 0.29) is 16.5 Å². The van der Waals surface area contributed by atoms with E-state index < -0.39 is 0 Å². The molecule has 1 aliphatic rings. The summed E-state index contributed by atoms with van der Waals surface area (Å²) in [5.74, 6) is 0.213. The zero-order valence-electron chi connectivity index (χ0n) is 9.36. The van der Waals surface area contributed by atoms with Crippen molar-refractivity contribution >= 4 is 11.4 Å². The molecule has 1 aromatic carbocycles. The van der Waals surface area contributed by atoms with Crippen LogP contribution in [0, 0.1) is 10.1 Å². The molecule has 0 saturated heterocycles. The van der Waals surface area contributed by atoms with Crippen molar-refractivity contribution in [3.05, 3.63) is 45.5 Å². The molecule has 16 heavy (non-hydrogen) atoms. The van der Waals surface area contributed by atoms with Crippen molar-refractivity contribution in [2.75, 3.05) is 11.9 Å². The first-order valence-electron chi connectivity index (χ1n) is 5.27. The van der Waals surface area contributed by atoms with Crippen LogP contribution in [0.15, 0.2) is 29.8 Å². The number of non-ortho nitro benzene ring substituents is 1. The van der Waals surface area contributed by atoms with E-state index in [1.807, 2.05) is 0 Å². The molecule has 84 valence electrons. The zero-order valence-corrected chi connectivity index (χ0v) is 9.36. The lowest BCUT2D eigenvalue weighted by molar-refractivity contribution is -0.384. The van der Waals surface area contributed by atoms with Crippen LogP contribution in [-0.2, 0) is 0 Å². The predicted octanol–water partition coefficient (Wildman–Crippen LogP) is 3.07. The van der Waals surface area contributed by atoms with Crippen molar-refractivity contribution in [3.8, 4) is 0 Å². The molecule has 0 aliphatic carbocycles. The van der Waals surface area contributed by atoms with Gasteiger partial charge >= 0.3 is 0 Å². The van der Waals surface area contributed by atoms with Gasteiger partial charge in [-0.1, -0.05) is 18.6 Å². The average molecular weight is 218 g/mol. The normalized spacial score (nSPS) is 19.1. The molecule has 4 nitrogen and oxygen atoms in total. The number of nitrogens with zero attached hydrogens (tertiary/aromatic N) is 1. The third-order valence-corrected chi connectivity index (χ3v) is 2.83. The predicted molar refractivity (Wildman–Crippen MR) is 63.8 cm³/mol. The summed E-state index contributed by atoms with van der Waals surface area (Å²) < 4.78 is 0. The molecule has 0 fully saturated rings. The van der Waals surface area contributed by atoms with Crippen LogP contribution < -0.4 is 5.32 Å². The summed E-state index contributed by atoms with van der Waals surface area (Å²) >= 11 is 0. The number of benzene rings is 1. The van der Waals surface area contributed by atoms with Crippen LogP contribution in [-0.4, -0.2) is 11.5 Å². The number of nitro groups is 1. The molecular formula is C12H14N2O2. The Balaban J connectivity index is 2.48. The summed E-state index contributed by atoms with van der Waals surface area (Å²) in [6.45, 7) is 4.91. The standard InChI is InChI=1S/C12H14N2O2/c1-8-5-9(2)11-6-10(14(15)16)3-4-12(11)13-7-8/h3-6,9,13H,7H2,1-2H3. The van der Waals surface area contributed by atoms with Crippen molar-refractivity contribution in [2.45, 2.75) is 19.8 Å². The average Bonchev–Trinajstić information content (AvgIpc) is 2.38. The second kappa shape index (κ2) is 3.96. The van der Waals surface area contributed by atoms with Crippen molar-refractivity contribution in [2.24, 2.45) is 0 Å². The molecule has 0 aromatic heterocycles. The highest BCUT2D eigenvalue weighted by Gasteiger charge is 2.16. The van der Waals surface area contributed by atoms with Crippen LogP contribution >= 0.6 is 0 Å². The van der Waals surface area contributed by atoms with Crippen molar-refractivity contribution in [1.29, 1.82) is 0 Å². The number of anilines is 1. The van der Waals surface area contributed by atoms with Gasteiger partial charge in [-0.15, -0.1) is 0 Å². The monoisotopic (exact) mass is 218 g/mol. The SMILES string of the molecule is CC1=CC(C)c2cc([N+](=O)[O-])ccc2NC1. The molecule has 1 aromatic rings. The van der Waals surface area contributed by atoms with Gasteiger partial charge in [0.15, 0.2) is 0 Å². The van der Waals surface area contributed by atoms with Crippen LogP contribution in [0.5, 0.6) is 0 Å². The lowest BCUT2D eigenvalue weighted by Crippen LogP contribution is -2.02. The molecule has 1 N–H and O–H groups in total. The lowest BCUT2D eigenvalue weighted by Gasteiger charge is -2.10. The van der Waals surface area contributed by atoms with E-state index in [1.54, 1.807) is 18.2 Å². The minimum absolute atomic E-state index is 0.153. The number of allylic oxidation sites excluding steroid dienone is 1. The smallest absolute Gasteiger partial charge is 0.269 e. The van der Waals surface area contributed by atoms with E-state index in [2.05, 4.69) is 25.2 Å². The molecule has 2 rings (SSSR count). The van der Waals surface area contributed by atoms with E-state index >= 15 is 0 Å². The van der Waals surface area contributed by atoms with Gasteiger partial charge in [0.2, 0.25) is 0 Å². The van der Waals surface area contributed by atoms with Gasteiger partial charge in [0.05, 0.1) is 4.92 Å². The number of rotatable bonds is 1. The van der Waals surface area contributed by atoms with Crippen LogP contribution in [0.2, 0.25) is 0 Å². The van der Waals surface area contributed by atoms with Gasteiger partial charge in [-0.2, -0.15) is 0 Å². The number of nitrogens with one attached hydrogen (secondary N) is 1. The van der Waals surface area contributed by atoms with Crippen molar-refractivity contribution in [1.82, 2.24) is 0 Å². The number of nitro benzene ring substituents is 1. The van der Waals surface area contributed by atoms with E-state index in [9.17, 15) is 10.1 Å². The van der Waals surface area contributed by atoms with Gasteiger partial charge in [-0.3, -0.25) is 10.1 Å². The first-order chi connectivity index (χ1) is 7.58. The number of hydrogen-bond donors (Lipinski definition) is 1. The second-order valence-corrected chi connectivity index (χ2v) is 4.18. The van der Waals surface area contributed by atoms with Crippen LogP contribution in [0.3, 0.4) is 0 Å². The van der Waals surface area contributed by atoms with Gasteiger partial charge in [0.1, 0.15) is 0 Å².